The van der Waals surface area contributed by atoms with E-state index in [9.17, 15) is 0 Å². The van der Waals surface area contributed by atoms with Gasteiger partial charge in [-0.3, -0.25) is 0 Å². The molecular weight excluding hydrogens is 258 g/mol. The number of nitrogens with zero attached hydrogens (tertiary/aromatic N) is 3. The van der Waals surface area contributed by atoms with Crippen LogP contribution in [0.3, 0.4) is 0 Å². The molecule has 1 heterocycles. The lowest BCUT2D eigenvalue weighted by molar-refractivity contribution is 0.825. The number of para-hydroxylation sites is 2. The number of rotatable bonds is 2. The molecule has 0 amide bonds. The molecule has 21 heavy (non-hydrogen) atoms. The van der Waals surface area contributed by atoms with Gasteiger partial charge in [0.05, 0.1) is 11.2 Å². The Hall–Kier alpha value is -2.94. The monoisotopic (exact) mass is 271 g/mol. The molecule has 100 valence electrons. The summed E-state index contributed by atoms with van der Waals surface area (Å²) in [7, 11) is 0. The quantitative estimate of drug-likeness (QED) is 0.550. The molecule has 0 aliphatic carbocycles. The molecule has 4 rings (SSSR count). The Balaban J connectivity index is 1.98. The van der Waals surface area contributed by atoms with Gasteiger partial charge in [-0.15, -0.1) is 5.10 Å². The minimum Gasteiger partial charge on any atom is -0.212 e. The van der Waals surface area contributed by atoms with Crippen LogP contribution < -0.4 is 0 Å². The van der Waals surface area contributed by atoms with Crippen LogP contribution in [0.4, 0.5) is 0 Å². The van der Waals surface area contributed by atoms with Crippen LogP contribution in [-0.4, -0.2) is 15.0 Å². The van der Waals surface area contributed by atoms with Gasteiger partial charge in [0.2, 0.25) is 0 Å². The van der Waals surface area contributed by atoms with Crippen LogP contribution in [0.25, 0.3) is 27.8 Å². The molecule has 0 atom stereocenters. The summed E-state index contributed by atoms with van der Waals surface area (Å²) < 4.78 is 1.90. The molecule has 3 aromatic carbocycles. The summed E-state index contributed by atoms with van der Waals surface area (Å²) in [5, 5.41) is 8.56. The first kappa shape index (κ1) is 11.9. The normalized spacial score (nSPS) is 10.9. The lowest BCUT2D eigenvalue weighted by atomic mass is 10.0. The standard InChI is InChI=1S/C18H13N3/c1-2-8-14(9-3-1)15-10-4-6-12-17(15)21-18-13-7-5-11-16(18)19-20-21/h1-13H. The molecule has 0 aliphatic heterocycles. The van der Waals surface area contributed by atoms with Crippen molar-refractivity contribution in [3.8, 4) is 16.8 Å². The van der Waals surface area contributed by atoms with Crippen LogP contribution in [0.2, 0.25) is 0 Å². The maximum absolute atomic E-state index is 4.32. The maximum Gasteiger partial charge on any atom is 0.113 e. The summed E-state index contributed by atoms with van der Waals surface area (Å²) in [6.45, 7) is 0. The molecule has 0 bridgehead atoms. The highest BCUT2D eigenvalue weighted by molar-refractivity contribution is 5.80. The van der Waals surface area contributed by atoms with Crippen LogP contribution in [0.1, 0.15) is 0 Å². The summed E-state index contributed by atoms with van der Waals surface area (Å²) in [6, 6.07) is 26.6. The molecule has 3 nitrogen and oxygen atoms in total. The zero-order chi connectivity index (χ0) is 14.1. The van der Waals surface area contributed by atoms with Crippen LogP contribution in [-0.2, 0) is 0 Å². The zero-order valence-corrected chi connectivity index (χ0v) is 11.3. The molecule has 0 aliphatic rings. The fourth-order valence-electron chi connectivity index (χ4n) is 2.57. The van der Waals surface area contributed by atoms with Gasteiger partial charge in [-0.2, -0.15) is 0 Å². The number of benzene rings is 3. The van der Waals surface area contributed by atoms with Crippen molar-refractivity contribution in [3.63, 3.8) is 0 Å². The van der Waals surface area contributed by atoms with Gasteiger partial charge in [0, 0.05) is 5.56 Å². The zero-order valence-electron chi connectivity index (χ0n) is 11.3. The molecule has 0 saturated heterocycles. The van der Waals surface area contributed by atoms with E-state index in [1.807, 2.05) is 59.3 Å². The van der Waals surface area contributed by atoms with Gasteiger partial charge in [-0.1, -0.05) is 65.9 Å². The molecule has 0 spiro atoms. The van der Waals surface area contributed by atoms with Gasteiger partial charge < -0.3 is 0 Å². The van der Waals surface area contributed by atoms with Crippen molar-refractivity contribution in [1.82, 2.24) is 15.0 Å². The summed E-state index contributed by atoms with van der Waals surface area (Å²) in [4.78, 5) is 0. The van der Waals surface area contributed by atoms with Gasteiger partial charge in [-0.25, -0.2) is 4.68 Å². The molecule has 4 aromatic rings. The first-order chi connectivity index (χ1) is 10.4. The highest BCUT2D eigenvalue weighted by atomic mass is 15.4. The van der Waals surface area contributed by atoms with Crippen LogP contribution in [0.15, 0.2) is 78.9 Å². The molecule has 0 N–H and O–H groups in total. The van der Waals surface area contributed by atoms with Crippen molar-refractivity contribution >= 4 is 11.0 Å². The number of hydrogen-bond donors (Lipinski definition) is 0. The van der Waals surface area contributed by atoms with E-state index in [1.54, 1.807) is 0 Å². The third-order valence-corrected chi connectivity index (χ3v) is 3.57. The molecule has 0 saturated carbocycles. The van der Waals surface area contributed by atoms with Gasteiger partial charge in [0.25, 0.3) is 0 Å². The van der Waals surface area contributed by atoms with Gasteiger partial charge >= 0.3 is 0 Å². The fraction of sp³-hybridized carbons (Fsp3) is 0. The Bertz CT molecular complexity index is 894. The van der Waals surface area contributed by atoms with Gasteiger partial charge in [-0.05, 0) is 23.8 Å². The van der Waals surface area contributed by atoms with Crippen molar-refractivity contribution < 1.29 is 0 Å². The Morgan fingerprint density at radius 1 is 0.667 bits per heavy atom. The third-order valence-electron chi connectivity index (χ3n) is 3.57. The van der Waals surface area contributed by atoms with Crippen LogP contribution in [0.5, 0.6) is 0 Å². The Labute approximate surface area is 122 Å². The smallest absolute Gasteiger partial charge is 0.113 e. The first-order valence-corrected chi connectivity index (χ1v) is 6.89. The third kappa shape index (κ3) is 1.99. The SMILES string of the molecule is c1ccc(-c2ccccc2-n2nnc3ccccc32)cc1. The van der Waals surface area contributed by atoms with Gasteiger partial charge in [0.15, 0.2) is 0 Å². The molecule has 0 fully saturated rings. The molecule has 3 heteroatoms. The van der Waals surface area contributed by atoms with E-state index in [0.29, 0.717) is 0 Å². The van der Waals surface area contributed by atoms with Crippen molar-refractivity contribution in [2.45, 2.75) is 0 Å². The predicted octanol–water partition coefficient (Wildman–Crippen LogP) is 4.09. The summed E-state index contributed by atoms with van der Waals surface area (Å²) in [5.74, 6) is 0. The summed E-state index contributed by atoms with van der Waals surface area (Å²) in [5.41, 5.74) is 5.28. The Morgan fingerprint density at radius 2 is 1.38 bits per heavy atom. The average molecular weight is 271 g/mol. The van der Waals surface area contributed by atoms with Crippen molar-refractivity contribution in [3.05, 3.63) is 78.9 Å². The number of aromatic nitrogens is 3. The predicted molar refractivity (Wildman–Crippen MR) is 84.3 cm³/mol. The largest absolute Gasteiger partial charge is 0.212 e. The number of fused-ring (bicyclic) bond motifs is 1. The minimum absolute atomic E-state index is 0.903. The van der Waals surface area contributed by atoms with Crippen molar-refractivity contribution in [2.75, 3.05) is 0 Å². The summed E-state index contributed by atoms with van der Waals surface area (Å²) >= 11 is 0. The van der Waals surface area contributed by atoms with Gasteiger partial charge in [0.1, 0.15) is 5.52 Å². The van der Waals surface area contributed by atoms with Crippen LogP contribution in [0, 0.1) is 0 Å². The minimum atomic E-state index is 0.903. The topological polar surface area (TPSA) is 30.7 Å². The maximum atomic E-state index is 4.32. The second-order valence-corrected chi connectivity index (χ2v) is 4.87. The molecule has 1 aromatic heterocycles. The highest BCUT2D eigenvalue weighted by Gasteiger charge is 2.10. The van der Waals surface area contributed by atoms with E-state index in [0.717, 1.165) is 22.3 Å². The van der Waals surface area contributed by atoms with E-state index < -0.39 is 0 Å². The Kier molecular flexibility index (Phi) is 2.75. The Morgan fingerprint density at radius 3 is 2.29 bits per heavy atom. The number of hydrogen-bond acceptors (Lipinski definition) is 2. The van der Waals surface area contributed by atoms with E-state index in [2.05, 4.69) is 34.6 Å². The van der Waals surface area contributed by atoms with Crippen molar-refractivity contribution in [1.29, 1.82) is 0 Å². The molecule has 0 unspecified atom stereocenters. The van der Waals surface area contributed by atoms with E-state index in [1.165, 1.54) is 5.56 Å². The lowest BCUT2D eigenvalue weighted by Crippen LogP contribution is -1.99. The van der Waals surface area contributed by atoms with Crippen molar-refractivity contribution in [2.24, 2.45) is 0 Å². The van der Waals surface area contributed by atoms with Crippen LogP contribution >= 0.6 is 0 Å². The molecular formula is C18H13N3. The fourth-order valence-corrected chi connectivity index (χ4v) is 2.57. The second kappa shape index (κ2) is 4.87. The van der Waals surface area contributed by atoms with E-state index in [4.69, 9.17) is 0 Å². The summed E-state index contributed by atoms with van der Waals surface area (Å²) in [6.07, 6.45) is 0. The average Bonchev–Trinajstić information content (AvgIpc) is 3.00. The second-order valence-electron chi connectivity index (χ2n) is 4.87. The highest BCUT2D eigenvalue weighted by Crippen LogP contribution is 2.27. The van der Waals surface area contributed by atoms with E-state index >= 15 is 0 Å². The molecule has 0 radical (unpaired) electrons. The first-order valence-electron chi connectivity index (χ1n) is 6.89. The lowest BCUT2D eigenvalue weighted by Gasteiger charge is -2.09. The van der Waals surface area contributed by atoms with E-state index in [-0.39, 0.29) is 0 Å².